The second-order valence-corrected chi connectivity index (χ2v) is 7.00. The van der Waals surface area contributed by atoms with Crippen LogP contribution in [0.4, 0.5) is 9.18 Å². The van der Waals surface area contributed by atoms with Gasteiger partial charge in [0.25, 0.3) is 5.91 Å². The van der Waals surface area contributed by atoms with E-state index >= 15 is 0 Å². The Kier molecular flexibility index (Phi) is 5.25. The number of benzene rings is 1. The normalized spacial score (nSPS) is 24.8. The quantitative estimate of drug-likeness (QED) is 0.482. The summed E-state index contributed by atoms with van der Waals surface area (Å²) in [4.78, 5) is 49.8. The third kappa shape index (κ3) is 3.56. The molecule has 1 saturated heterocycles. The van der Waals surface area contributed by atoms with Gasteiger partial charge in [-0.25, -0.2) is 9.18 Å². The number of carbonyl (C=O) groups excluding carboxylic acids is 4. The maximum Gasteiger partial charge on any atom is 0.326 e. The number of esters is 1. The molecule has 1 saturated carbocycles. The second-order valence-electron chi connectivity index (χ2n) is 7.00. The summed E-state index contributed by atoms with van der Waals surface area (Å²) in [5.41, 5.74) is -1.14. The van der Waals surface area contributed by atoms with Gasteiger partial charge in [-0.3, -0.25) is 19.3 Å². The molecule has 7 nitrogen and oxygen atoms in total. The molecular weight excluding hydrogens is 355 g/mol. The number of amides is 3. The summed E-state index contributed by atoms with van der Waals surface area (Å²) >= 11 is 0. The van der Waals surface area contributed by atoms with Crippen molar-refractivity contribution in [3.63, 3.8) is 0 Å². The third-order valence-corrected chi connectivity index (χ3v) is 5.33. The van der Waals surface area contributed by atoms with Gasteiger partial charge in [0.1, 0.15) is 17.9 Å². The Morgan fingerprint density at radius 3 is 2.74 bits per heavy atom. The van der Waals surface area contributed by atoms with Crippen LogP contribution in [0, 0.1) is 11.7 Å². The van der Waals surface area contributed by atoms with Gasteiger partial charge in [0.2, 0.25) is 5.78 Å². The van der Waals surface area contributed by atoms with Gasteiger partial charge in [0.05, 0.1) is 5.56 Å². The molecule has 27 heavy (non-hydrogen) atoms. The minimum atomic E-state index is -0.960. The number of Topliss-reactive ketones (excluding diaryl/α,β-unsaturated/α-hetero) is 1. The summed E-state index contributed by atoms with van der Waals surface area (Å²) < 4.78 is 18.4. The van der Waals surface area contributed by atoms with Crippen LogP contribution >= 0.6 is 0 Å². The fourth-order valence-corrected chi connectivity index (χ4v) is 3.72. The van der Waals surface area contributed by atoms with Crippen molar-refractivity contribution in [3.8, 4) is 0 Å². The van der Waals surface area contributed by atoms with Crippen LogP contribution in [0.25, 0.3) is 0 Å². The van der Waals surface area contributed by atoms with Crippen molar-refractivity contribution in [1.29, 1.82) is 0 Å². The number of nitrogens with one attached hydrogen (secondary N) is 1. The summed E-state index contributed by atoms with van der Waals surface area (Å²) in [5.74, 6) is -2.76. The number of ether oxygens (including phenoxy) is 1. The Bertz CT molecular complexity index is 796. The summed E-state index contributed by atoms with van der Waals surface area (Å²) in [6.07, 6.45) is 3.18. The van der Waals surface area contributed by atoms with Crippen LogP contribution in [0.3, 0.4) is 0 Å². The number of hydrogen-bond donors (Lipinski definition) is 1. The van der Waals surface area contributed by atoms with Gasteiger partial charge in [-0.15, -0.1) is 0 Å². The lowest BCUT2D eigenvalue weighted by Gasteiger charge is -2.36. The molecular formula is C19H21FN2O5. The molecule has 1 aromatic rings. The summed E-state index contributed by atoms with van der Waals surface area (Å²) in [5, 5.41) is 2.74. The average molecular weight is 376 g/mol. The SMILES string of the molecule is C[C@H]1CCCC[C@@]12NC(=O)N(CC(=O)OCC(=O)c1ccccc1F)C2=O. The van der Waals surface area contributed by atoms with E-state index in [0.717, 1.165) is 30.2 Å². The van der Waals surface area contributed by atoms with Crippen molar-refractivity contribution < 1.29 is 28.3 Å². The van der Waals surface area contributed by atoms with Crippen LogP contribution in [0.2, 0.25) is 0 Å². The van der Waals surface area contributed by atoms with E-state index in [2.05, 4.69) is 5.32 Å². The molecule has 0 unspecified atom stereocenters. The minimum absolute atomic E-state index is 0.0219. The van der Waals surface area contributed by atoms with Crippen molar-refractivity contribution in [3.05, 3.63) is 35.6 Å². The van der Waals surface area contributed by atoms with Crippen molar-refractivity contribution in [2.45, 2.75) is 38.1 Å². The summed E-state index contributed by atoms with van der Waals surface area (Å²) in [7, 11) is 0. The van der Waals surface area contributed by atoms with Crippen LogP contribution in [-0.2, 0) is 14.3 Å². The maximum absolute atomic E-state index is 13.6. The monoisotopic (exact) mass is 376 g/mol. The number of halogens is 1. The van der Waals surface area contributed by atoms with Gasteiger partial charge >= 0.3 is 12.0 Å². The number of imide groups is 1. The van der Waals surface area contributed by atoms with Crippen LogP contribution in [-0.4, -0.2) is 47.3 Å². The topological polar surface area (TPSA) is 92.8 Å². The van der Waals surface area contributed by atoms with Crippen molar-refractivity contribution in [1.82, 2.24) is 10.2 Å². The molecule has 144 valence electrons. The van der Waals surface area contributed by atoms with Gasteiger partial charge in [0, 0.05) is 0 Å². The van der Waals surface area contributed by atoms with Gasteiger partial charge in [-0.05, 0) is 30.9 Å². The summed E-state index contributed by atoms with van der Waals surface area (Å²) in [6.45, 7) is 0.668. The number of rotatable bonds is 5. The molecule has 1 aromatic carbocycles. The van der Waals surface area contributed by atoms with Crippen LogP contribution in [0.15, 0.2) is 24.3 Å². The zero-order chi connectivity index (χ0) is 19.6. The standard InChI is InChI=1S/C19H21FN2O5/c1-12-6-4-5-9-19(12)17(25)22(18(26)21-19)10-16(24)27-11-15(23)13-7-2-3-8-14(13)20/h2-3,7-8,12H,4-6,9-11H2,1H3,(H,21,26)/t12-,19+/m0/s1. The van der Waals surface area contributed by atoms with E-state index in [-0.39, 0.29) is 11.5 Å². The van der Waals surface area contributed by atoms with Crippen LogP contribution in [0.1, 0.15) is 43.0 Å². The predicted molar refractivity (Wildman–Crippen MR) is 92.3 cm³/mol. The molecule has 2 atom stereocenters. The lowest BCUT2D eigenvalue weighted by Crippen LogP contribution is -2.54. The fraction of sp³-hybridized carbons (Fsp3) is 0.474. The molecule has 1 spiro atoms. The number of hydrogen-bond acceptors (Lipinski definition) is 5. The Morgan fingerprint density at radius 2 is 2.04 bits per heavy atom. The van der Waals surface area contributed by atoms with Gasteiger partial charge in [-0.2, -0.15) is 0 Å². The molecule has 2 fully saturated rings. The molecule has 2 aliphatic rings. The van der Waals surface area contributed by atoms with E-state index in [1.807, 2.05) is 6.92 Å². The predicted octanol–water partition coefficient (Wildman–Crippen LogP) is 2.05. The van der Waals surface area contributed by atoms with E-state index in [1.54, 1.807) is 0 Å². The minimum Gasteiger partial charge on any atom is -0.456 e. The first-order chi connectivity index (χ1) is 12.8. The lowest BCUT2D eigenvalue weighted by atomic mass is 9.73. The highest BCUT2D eigenvalue weighted by Crippen LogP contribution is 2.38. The highest BCUT2D eigenvalue weighted by molar-refractivity contribution is 6.09. The number of nitrogens with zero attached hydrogens (tertiary/aromatic N) is 1. The molecule has 3 amide bonds. The first-order valence-corrected chi connectivity index (χ1v) is 8.92. The maximum atomic E-state index is 13.6. The molecule has 0 aromatic heterocycles. The van der Waals surface area contributed by atoms with E-state index < -0.39 is 48.2 Å². The average Bonchev–Trinajstić information content (AvgIpc) is 2.87. The van der Waals surface area contributed by atoms with E-state index in [9.17, 15) is 23.6 Å². The van der Waals surface area contributed by atoms with E-state index in [4.69, 9.17) is 4.74 Å². The van der Waals surface area contributed by atoms with Crippen molar-refractivity contribution in [2.75, 3.05) is 13.2 Å². The first-order valence-electron chi connectivity index (χ1n) is 8.92. The number of urea groups is 1. The van der Waals surface area contributed by atoms with E-state index in [1.165, 1.54) is 18.2 Å². The molecule has 3 rings (SSSR count). The Balaban J connectivity index is 1.59. The molecule has 1 heterocycles. The summed E-state index contributed by atoms with van der Waals surface area (Å²) in [6, 6.07) is 4.73. The second kappa shape index (κ2) is 7.46. The van der Waals surface area contributed by atoms with E-state index in [0.29, 0.717) is 6.42 Å². The molecule has 0 radical (unpaired) electrons. The number of carbonyl (C=O) groups is 4. The lowest BCUT2D eigenvalue weighted by molar-refractivity contribution is -0.147. The van der Waals surface area contributed by atoms with Crippen molar-refractivity contribution in [2.24, 2.45) is 5.92 Å². The Morgan fingerprint density at radius 1 is 1.30 bits per heavy atom. The van der Waals surface area contributed by atoms with Crippen LogP contribution < -0.4 is 5.32 Å². The highest BCUT2D eigenvalue weighted by atomic mass is 19.1. The Labute approximate surface area is 155 Å². The highest BCUT2D eigenvalue weighted by Gasteiger charge is 2.55. The van der Waals surface area contributed by atoms with Crippen LogP contribution in [0.5, 0.6) is 0 Å². The molecule has 8 heteroatoms. The molecule has 1 aliphatic carbocycles. The molecule has 1 N–H and O–H groups in total. The largest absolute Gasteiger partial charge is 0.456 e. The zero-order valence-electron chi connectivity index (χ0n) is 15.0. The number of ketones is 1. The third-order valence-electron chi connectivity index (χ3n) is 5.33. The first kappa shape index (κ1) is 19.0. The smallest absolute Gasteiger partial charge is 0.326 e. The molecule has 0 bridgehead atoms. The molecule has 1 aliphatic heterocycles. The fourth-order valence-electron chi connectivity index (χ4n) is 3.72. The van der Waals surface area contributed by atoms with Crippen molar-refractivity contribution >= 4 is 23.7 Å². The zero-order valence-corrected chi connectivity index (χ0v) is 15.0. The Hall–Kier alpha value is -2.77. The van der Waals surface area contributed by atoms with Gasteiger partial charge < -0.3 is 10.1 Å². The van der Waals surface area contributed by atoms with Gasteiger partial charge in [-0.1, -0.05) is 31.9 Å². The van der Waals surface area contributed by atoms with Gasteiger partial charge in [0.15, 0.2) is 6.61 Å².